The Hall–Kier alpha value is -3.96. The van der Waals surface area contributed by atoms with Gasteiger partial charge in [0.15, 0.2) is 5.69 Å². The Kier molecular flexibility index (Phi) is 8.59. The van der Waals surface area contributed by atoms with E-state index in [1.165, 1.54) is 4.90 Å². The maximum Gasteiger partial charge on any atom is 0.273 e. The second-order valence-corrected chi connectivity index (χ2v) is 9.66. The number of hydrogen-bond donors (Lipinski definition) is 3. The van der Waals surface area contributed by atoms with Gasteiger partial charge >= 0.3 is 0 Å². The van der Waals surface area contributed by atoms with Crippen LogP contribution in [0.25, 0.3) is 0 Å². The van der Waals surface area contributed by atoms with E-state index in [1.807, 2.05) is 19.1 Å². The van der Waals surface area contributed by atoms with Crippen molar-refractivity contribution in [2.24, 2.45) is 5.73 Å². The molecule has 2 aromatic carbocycles. The molecule has 0 spiro atoms. The fraction of sp³-hybridized carbons (Fsp3) is 0.333. The summed E-state index contributed by atoms with van der Waals surface area (Å²) in [5.41, 5.74) is 13.3. The van der Waals surface area contributed by atoms with E-state index in [4.69, 9.17) is 20.9 Å². The van der Waals surface area contributed by atoms with Gasteiger partial charge in [0.2, 0.25) is 5.91 Å². The van der Waals surface area contributed by atoms with E-state index in [1.54, 1.807) is 43.5 Å². The molecule has 10 nitrogen and oxygen atoms in total. The van der Waals surface area contributed by atoms with Crippen molar-refractivity contribution in [2.75, 3.05) is 30.9 Å². The van der Waals surface area contributed by atoms with Crippen molar-refractivity contribution in [1.29, 1.82) is 0 Å². The van der Waals surface area contributed by atoms with E-state index in [9.17, 15) is 14.4 Å². The van der Waals surface area contributed by atoms with Gasteiger partial charge in [-0.25, -0.2) is 0 Å². The van der Waals surface area contributed by atoms with E-state index in [2.05, 4.69) is 9.69 Å². The number of nitrogen functional groups attached to an aromatic ring is 1. The Balaban J connectivity index is 1.80. The van der Waals surface area contributed by atoms with Gasteiger partial charge in [0.25, 0.3) is 11.8 Å². The van der Waals surface area contributed by atoms with Gasteiger partial charge in [0, 0.05) is 18.8 Å². The lowest BCUT2D eigenvalue weighted by molar-refractivity contribution is -0.123. The van der Waals surface area contributed by atoms with Crippen LogP contribution in [0.2, 0.25) is 0 Å². The van der Waals surface area contributed by atoms with Crippen LogP contribution in [-0.4, -0.2) is 48.5 Å². The number of primary amides is 1. The molecule has 0 unspecified atom stereocenters. The molecule has 38 heavy (non-hydrogen) atoms. The molecule has 1 fully saturated rings. The van der Waals surface area contributed by atoms with Crippen LogP contribution in [0, 0.1) is 0 Å². The zero-order valence-corrected chi connectivity index (χ0v) is 22.1. The third-order valence-corrected chi connectivity index (χ3v) is 7.31. The summed E-state index contributed by atoms with van der Waals surface area (Å²) in [6.07, 6.45) is 2.51. The normalized spacial score (nSPS) is 15.6. The first-order valence-corrected chi connectivity index (χ1v) is 13.1. The van der Waals surface area contributed by atoms with Crippen LogP contribution in [0.1, 0.15) is 57.1 Å². The number of anilines is 2. The molecule has 0 aliphatic carbocycles. The van der Waals surface area contributed by atoms with Crippen molar-refractivity contribution < 1.29 is 23.9 Å². The number of hydrogen-bond acceptors (Lipinski definition) is 8. The molecule has 5 N–H and O–H groups in total. The smallest absolute Gasteiger partial charge is 0.273 e. The van der Waals surface area contributed by atoms with E-state index >= 15 is 0 Å². The number of benzene rings is 2. The average Bonchev–Trinajstić information content (AvgIpc) is 3.60. The molecule has 0 saturated carbocycles. The fourth-order valence-corrected chi connectivity index (χ4v) is 5.08. The molecule has 0 bridgehead atoms. The van der Waals surface area contributed by atoms with Crippen LogP contribution < -0.4 is 26.4 Å². The van der Waals surface area contributed by atoms with Gasteiger partial charge in [-0.15, -0.1) is 0 Å². The summed E-state index contributed by atoms with van der Waals surface area (Å²) < 4.78 is 14.9. The largest absolute Gasteiger partial charge is 0.497 e. The highest BCUT2D eigenvalue weighted by molar-refractivity contribution is 7.09. The number of methoxy groups -OCH3 is 1. The maximum absolute atomic E-state index is 14.1. The molecule has 2 heterocycles. The van der Waals surface area contributed by atoms with Crippen LogP contribution in [0.3, 0.4) is 0 Å². The molecule has 3 amide bonds. The standard InChI is InChI=1S/C27H31N5O5S/c1-3-16-6-10-18(11-7-16)32(27(35)24-21(28)22(25(29)33)31-38-24)23(17-8-12-19(36-2)13-9-17)26(34)30-15-20-5-4-14-37-20/h6-13,20,23H,3-5,14-15,28H2,1-2H3,(H2,29,33)(H,30,34)/t20-,23-/m0/s1. The quantitative estimate of drug-likeness (QED) is 0.360. The lowest BCUT2D eigenvalue weighted by Crippen LogP contribution is -2.45. The highest BCUT2D eigenvalue weighted by atomic mass is 32.1. The SMILES string of the molecule is CCc1ccc(N(C(=O)c2snc(C(N)=O)c2N)[C@H](C(=O)NC[C@@H]2CCCO2)c2ccc(OC)cc2)cc1. The highest BCUT2D eigenvalue weighted by Gasteiger charge is 2.36. The molecule has 1 aromatic heterocycles. The van der Waals surface area contributed by atoms with Crippen LogP contribution >= 0.6 is 11.5 Å². The van der Waals surface area contributed by atoms with Crippen molar-refractivity contribution in [1.82, 2.24) is 9.69 Å². The summed E-state index contributed by atoms with van der Waals surface area (Å²) in [7, 11) is 1.55. The predicted octanol–water partition coefficient (Wildman–Crippen LogP) is 3.08. The lowest BCUT2D eigenvalue weighted by Gasteiger charge is -2.31. The number of aryl methyl sites for hydroxylation is 1. The number of nitrogens with two attached hydrogens (primary N) is 2. The van der Waals surface area contributed by atoms with Crippen molar-refractivity contribution in [3.05, 3.63) is 70.2 Å². The summed E-state index contributed by atoms with van der Waals surface area (Å²) >= 11 is 0.769. The number of rotatable bonds is 10. The lowest BCUT2D eigenvalue weighted by atomic mass is 10.0. The van der Waals surface area contributed by atoms with E-state index in [-0.39, 0.29) is 22.4 Å². The Morgan fingerprint density at radius 1 is 1.18 bits per heavy atom. The zero-order valence-electron chi connectivity index (χ0n) is 21.3. The minimum absolute atomic E-state index is 0.0174. The van der Waals surface area contributed by atoms with Crippen LogP contribution in [-0.2, 0) is 16.0 Å². The molecule has 3 aromatic rings. The zero-order chi connectivity index (χ0) is 27.2. The third kappa shape index (κ3) is 5.79. The molecule has 4 rings (SSSR count). The summed E-state index contributed by atoms with van der Waals surface area (Å²) in [5.74, 6) is -1.20. The molecule has 200 valence electrons. The van der Waals surface area contributed by atoms with Crippen molar-refractivity contribution in [2.45, 2.75) is 38.3 Å². The van der Waals surface area contributed by atoms with Crippen molar-refractivity contribution >= 4 is 40.6 Å². The van der Waals surface area contributed by atoms with Gasteiger partial charge in [-0.05, 0) is 66.2 Å². The molecule has 11 heteroatoms. The molecular weight excluding hydrogens is 506 g/mol. The van der Waals surface area contributed by atoms with Gasteiger partial charge in [0.1, 0.15) is 16.7 Å². The minimum atomic E-state index is -1.07. The maximum atomic E-state index is 14.1. The van der Waals surface area contributed by atoms with E-state index < -0.39 is 23.8 Å². The number of carbonyl (C=O) groups is 3. The number of nitrogens with one attached hydrogen (secondary N) is 1. The molecule has 1 saturated heterocycles. The van der Waals surface area contributed by atoms with Gasteiger partial charge in [0.05, 0.1) is 18.9 Å². The van der Waals surface area contributed by atoms with E-state index in [0.717, 1.165) is 36.4 Å². The summed E-state index contributed by atoms with van der Waals surface area (Å²) in [4.78, 5) is 41.1. The van der Waals surface area contributed by atoms with Gasteiger partial charge in [-0.1, -0.05) is 31.2 Å². The monoisotopic (exact) mass is 537 g/mol. The van der Waals surface area contributed by atoms with Gasteiger partial charge < -0.3 is 26.3 Å². The number of ether oxygens (including phenoxy) is 2. The number of carbonyl (C=O) groups excluding carboxylic acids is 3. The predicted molar refractivity (Wildman–Crippen MR) is 145 cm³/mol. The molecule has 1 aliphatic rings. The molecule has 1 aliphatic heterocycles. The molecular formula is C27H31N5O5S. The van der Waals surface area contributed by atoms with Gasteiger partial charge in [-0.2, -0.15) is 4.37 Å². The second kappa shape index (κ2) is 12.1. The Bertz CT molecular complexity index is 1290. The van der Waals surface area contributed by atoms with Crippen LogP contribution in [0.15, 0.2) is 48.5 Å². The average molecular weight is 538 g/mol. The number of nitrogens with zero attached hydrogens (tertiary/aromatic N) is 2. The summed E-state index contributed by atoms with van der Waals surface area (Å²) in [5, 5.41) is 2.96. The third-order valence-electron chi connectivity index (χ3n) is 6.46. The Morgan fingerprint density at radius 2 is 1.89 bits per heavy atom. The Labute approximate surface area is 225 Å². The van der Waals surface area contributed by atoms with Crippen LogP contribution in [0.4, 0.5) is 11.4 Å². The number of aromatic nitrogens is 1. The Morgan fingerprint density at radius 3 is 2.45 bits per heavy atom. The summed E-state index contributed by atoms with van der Waals surface area (Å²) in [6.45, 7) is 3.00. The number of amides is 3. The topological polar surface area (TPSA) is 150 Å². The fourth-order valence-electron chi connectivity index (χ4n) is 4.33. The van der Waals surface area contributed by atoms with Crippen LogP contribution in [0.5, 0.6) is 5.75 Å². The van der Waals surface area contributed by atoms with Gasteiger partial charge in [-0.3, -0.25) is 19.3 Å². The highest BCUT2D eigenvalue weighted by Crippen LogP contribution is 2.34. The second-order valence-electron chi connectivity index (χ2n) is 8.89. The minimum Gasteiger partial charge on any atom is -0.497 e. The molecule has 0 radical (unpaired) electrons. The van der Waals surface area contributed by atoms with Crippen molar-refractivity contribution in [3.8, 4) is 5.75 Å². The first-order chi connectivity index (χ1) is 18.3. The van der Waals surface area contributed by atoms with Crippen molar-refractivity contribution in [3.63, 3.8) is 0 Å². The van der Waals surface area contributed by atoms with E-state index in [0.29, 0.717) is 30.2 Å². The summed E-state index contributed by atoms with van der Waals surface area (Å²) in [6, 6.07) is 13.2. The first-order valence-electron chi connectivity index (χ1n) is 12.3. The first kappa shape index (κ1) is 27.1. The molecule has 2 atom stereocenters.